The molecular formula is C47H27N3O2. The maximum Gasteiger partial charge on any atom is 0.167 e. The summed E-state index contributed by atoms with van der Waals surface area (Å²) >= 11 is 0. The van der Waals surface area contributed by atoms with Crippen molar-refractivity contribution in [1.29, 1.82) is 0 Å². The van der Waals surface area contributed by atoms with Crippen LogP contribution in [0.4, 0.5) is 0 Å². The average Bonchev–Trinajstić information content (AvgIpc) is 3.79. The van der Waals surface area contributed by atoms with E-state index in [0.29, 0.717) is 17.5 Å². The van der Waals surface area contributed by atoms with Crippen molar-refractivity contribution in [2.75, 3.05) is 0 Å². The molecule has 52 heavy (non-hydrogen) atoms. The Morgan fingerprint density at radius 1 is 0.327 bits per heavy atom. The van der Waals surface area contributed by atoms with Gasteiger partial charge in [0.25, 0.3) is 0 Å². The van der Waals surface area contributed by atoms with Crippen LogP contribution in [0.3, 0.4) is 0 Å². The second-order valence-corrected chi connectivity index (χ2v) is 13.1. The Bertz CT molecular complexity index is 3210. The van der Waals surface area contributed by atoms with Crippen molar-refractivity contribution in [2.24, 2.45) is 0 Å². The zero-order valence-corrected chi connectivity index (χ0v) is 27.7. The number of furan rings is 2. The molecule has 0 N–H and O–H groups in total. The molecule has 0 atom stereocenters. The minimum absolute atomic E-state index is 0.556. The van der Waals surface area contributed by atoms with Crippen LogP contribution in [-0.4, -0.2) is 15.0 Å². The molecule has 0 saturated heterocycles. The Morgan fingerprint density at radius 2 is 0.904 bits per heavy atom. The fourth-order valence-electron chi connectivity index (χ4n) is 7.73. The predicted molar refractivity (Wildman–Crippen MR) is 211 cm³/mol. The van der Waals surface area contributed by atoms with Crippen LogP contribution in [0.2, 0.25) is 0 Å². The molecule has 0 aliphatic heterocycles. The number of benzene rings is 8. The lowest BCUT2D eigenvalue weighted by atomic mass is 9.92. The van der Waals surface area contributed by atoms with Crippen LogP contribution < -0.4 is 0 Å². The summed E-state index contributed by atoms with van der Waals surface area (Å²) in [5.74, 6) is 1.75. The highest BCUT2D eigenvalue weighted by Crippen LogP contribution is 2.42. The number of aromatic nitrogens is 3. The number of hydrogen-bond acceptors (Lipinski definition) is 5. The summed E-state index contributed by atoms with van der Waals surface area (Å²) in [6.45, 7) is 0. The van der Waals surface area contributed by atoms with E-state index in [0.717, 1.165) is 93.2 Å². The minimum Gasteiger partial charge on any atom is -0.456 e. The monoisotopic (exact) mass is 665 g/mol. The molecule has 8 aromatic carbocycles. The van der Waals surface area contributed by atoms with Gasteiger partial charge >= 0.3 is 0 Å². The van der Waals surface area contributed by atoms with E-state index in [4.69, 9.17) is 23.8 Å². The Hall–Kier alpha value is -7.11. The fourth-order valence-corrected chi connectivity index (χ4v) is 7.73. The molecule has 0 spiro atoms. The van der Waals surface area contributed by atoms with Gasteiger partial charge in [0.15, 0.2) is 17.5 Å². The molecule has 5 heteroatoms. The molecule has 0 aliphatic carbocycles. The van der Waals surface area contributed by atoms with Gasteiger partial charge in [-0.3, -0.25) is 0 Å². The van der Waals surface area contributed by atoms with Crippen LogP contribution in [0.25, 0.3) is 111 Å². The summed E-state index contributed by atoms with van der Waals surface area (Å²) < 4.78 is 12.7. The van der Waals surface area contributed by atoms with Crippen LogP contribution >= 0.6 is 0 Å². The van der Waals surface area contributed by atoms with Crippen LogP contribution in [0.1, 0.15) is 0 Å². The summed E-state index contributed by atoms with van der Waals surface area (Å²) in [6.07, 6.45) is 0. The second-order valence-electron chi connectivity index (χ2n) is 13.1. The third kappa shape index (κ3) is 4.39. The molecule has 0 amide bonds. The third-order valence-corrected chi connectivity index (χ3v) is 10.1. The molecule has 242 valence electrons. The smallest absolute Gasteiger partial charge is 0.167 e. The number of para-hydroxylation sites is 3. The molecule has 0 fully saturated rings. The van der Waals surface area contributed by atoms with Gasteiger partial charge in [-0.05, 0) is 69.1 Å². The van der Waals surface area contributed by atoms with E-state index in [9.17, 15) is 0 Å². The van der Waals surface area contributed by atoms with E-state index in [2.05, 4.69) is 115 Å². The van der Waals surface area contributed by atoms with E-state index < -0.39 is 0 Å². The normalized spacial score (nSPS) is 11.8. The highest BCUT2D eigenvalue weighted by atomic mass is 16.3. The molecule has 0 radical (unpaired) electrons. The molecule has 0 unspecified atom stereocenters. The van der Waals surface area contributed by atoms with Gasteiger partial charge in [-0.15, -0.1) is 0 Å². The molecule has 11 aromatic rings. The highest BCUT2D eigenvalue weighted by molar-refractivity contribution is 6.16. The SMILES string of the molecule is c1ccc2cc(-c3nc(-c4ccc(-c5cccc6oc7ccccc7c56)c5ccccc45)nc(-c4cccc5c4oc4ccccc45)n3)ccc2c1. The van der Waals surface area contributed by atoms with Crippen molar-refractivity contribution < 1.29 is 8.83 Å². The Labute approximate surface area is 297 Å². The van der Waals surface area contributed by atoms with Gasteiger partial charge in [0, 0.05) is 32.7 Å². The quantitative estimate of drug-likeness (QED) is 0.187. The van der Waals surface area contributed by atoms with Gasteiger partial charge in [0.05, 0.1) is 5.56 Å². The van der Waals surface area contributed by atoms with Crippen molar-refractivity contribution in [1.82, 2.24) is 15.0 Å². The van der Waals surface area contributed by atoms with Crippen molar-refractivity contribution in [3.8, 4) is 45.3 Å². The molecule has 0 bridgehead atoms. The first-order valence-corrected chi connectivity index (χ1v) is 17.4. The van der Waals surface area contributed by atoms with Crippen molar-refractivity contribution in [3.05, 3.63) is 164 Å². The van der Waals surface area contributed by atoms with Gasteiger partial charge in [-0.1, -0.05) is 127 Å². The van der Waals surface area contributed by atoms with Gasteiger partial charge in [0.2, 0.25) is 0 Å². The van der Waals surface area contributed by atoms with Crippen LogP contribution in [-0.2, 0) is 0 Å². The Morgan fingerprint density at radius 3 is 1.75 bits per heavy atom. The first-order valence-electron chi connectivity index (χ1n) is 17.4. The van der Waals surface area contributed by atoms with Crippen molar-refractivity contribution >= 4 is 65.4 Å². The maximum atomic E-state index is 6.47. The molecule has 0 aliphatic rings. The molecule has 5 nitrogen and oxygen atoms in total. The van der Waals surface area contributed by atoms with Crippen molar-refractivity contribution in [3.63, 3.8) is 0 Å². The predicted octanol–water partition coefficient (Wildman–Crippen LogP) is 12.6. The number of hydrogen-bond donors (Lipinski definition) is 0. The average molecular weight is 666 g/mol. The fraction of sp³-hybridized carbons (Fsp3) is 0. The lowest BCUT2D eigenvalue weighted by Gasteiger charge is -2.14. The van der Waals surface area contributed by atoms with Crippen LogP contribution in [0.5, 0.6) is 0 Å². The lowest BCUT2D eigenvalue weighted by Crippen LogP contribution is -2.01. The zero-order chi connectivity index (χ0) is 34.2. The largest absolute Gasteiger partial charge is 0.456 e. The lowest BCUT2D eigenvalue weighted by molar-refractivity contribution is 0.669. The van der Waals surface area contributed by atoms with Gasteiger partial charge in [0.1, 0.15) is 22.3 Å². The van der Waals surface area contributed by atoms with Gasteiger partial charge in [-0.2, -0.15) is 0 Å². The minimum atomic E-state index is 0.556. The van der Waals surface area contributed by atoms with E-state index in [1.165, 1.54) is 0 Å². The zero-order valence-electron chi connectivity index (χ0n) is 27.7. The summed E-state index contributed by atoms with van der Waals surface area (Å²) in [4.78, 5) is 15.6. The first-order chi connectivity index (χ1) is 25.8. The molecule has 11 rings (SSSR count). The van der Waals surface area contributed by atoms with E-state index in [1.807, 2.05) is 48.5 Å². The topological polar surface area (TPSA) is 65.0 Å². The molecular weight excluding hydrogens is 639 g/mol. The van der Waals surface area contributed by atoms with Crippen LogP contribution in [0, 0.1) is 0 Å². The first kappa shape index (κ1) is 28.7. The standard InChI is InChI=1S/C47H27N3O2/c1-2-12-29-27-30(24-23-28(29)11-1)45-48-46(50-47(49-45)39-19-9-18-36-34-15-5-7-20-40(34)52-44(36)39)37-26-25-33(31-13-3-4-14-32(31)37)35-17-10-22-42-43(35)38-16-6-8-21-41(38)51-42/h1-27H. The summed E-state index contributed by atoms with van der Waals surface area (Å²) in [5, 5.41) is 8.73. The number of fused-ring (bicyclic) bond motifs is 8. The highest BCUT2D eigenvalue weighted by Gasteiger charge is 2.20. The second kappa shape index (κ2) is 11.2. The van der Waals surface area contributed by atoms with Gasteiger partial charge in [-0.25, -0.2) is 15.0 Å². The molecule has 3 aromatic heterocycles. The Balaban J connectivity index is 1.16. The van der Waals surface area contributed by atoms with Gasteiger partial charge < -0.3 is 8.83 Å². The molecule has 3 heterocycles. The summed E-state index contributed by atoms with van der Waals surface area (Å²) in [7, 11) is 0. The molecule has 0 saturated carbocycles. The maximum absolute atomic E-state index is 6.47. The summed E-state index contributed by atoms with van der Waals surface area (Å²) in [6, 6.07) is 56.3. The van der Waals surface area contributed by atoms with Crippen LogP contribution in [0.15, 0.2) is 173 Å². The van der Waals surface area contributed by atoms with E-state index in [-0.39, 0.29) is 0 Å². The van der Waals surface area contributed by atoms with Crippen molar-refractivity contribution in [2.45, 2.75) is 0 Å². The summed E-state index contributed by atoms with van der Waals surface area (Å²) in [5.41, 5.74) is 8.23. The van der Waals surface area contributed by atoms with E-state index in [1.54, 1.807) is 0 Å². The number of rotatable bonds is 4. The van der Waals surface area contributed by atoms with E-state index >= 15 is 0 Å². The third-order valence-electron chi connectivity index (χ3n) is 10.1. The number of nitrogens with zero attached hydrogens (tertiary/aromatic N) is 3. The Kier molecular flexibility index (Phi) is 6.18.